The molecule has 10 nitrogen and oxygen atoms in total. The van der Waals surface area contributed by atoms with Crippen molar-refractivity contribution in [3.8, 4) is 22.7 Å². The van der Waals surface area contributed by atoms with Crippen LogP contribution in [0.1, 0.15) is 5.56 Å². The first-order chi connectivity index (χ1) is 17.8. The van der Waals surface area contributed by atoms with Crippen molar-refractivity contribution in [1.29, 1.82) is 0 Å². The van der Waals surface area contributed by atoms with Crippen molar-refractivity contribution in [1.82, 2.24) is 19.3 Å². The van der Waals surface area contributed by atoms with Crippen molar-refractivity contribution in [2.75, 3.05) is 31.6 Å². The molecule has 204 valence electrons. The number of aliphatic carboxylic acids is 1. The minimum atomic E-state index is -5.08. The number of nitrogens with zero attached hydrogens (tertiary/aromatic N) is 5. The quantitative estimate of drug-likeness (QED) is 0.471. The normalized spacial score (nSPS) is 12.7. The van der Waals surface area contributed by atoms with E-state index in [-0.39, 0.29) is 18.7 Å². The summed E-state index contributed by atoms with van der Waals surface area (Å²) in [4.78, 5) is 28.1. The maximum Gasteiger partial charge on any atom is 0.490 e. The van der Waals surface area contributed by atoms with Gasteiger partial charge in [-0.1, -0.05) is 6.07 Å². The maximum absolute atomic E-state index is 12.9. The molecule has 15 heteroatoms. The molecule has 0 fully saturated rings. The number of anilines is 1. The number of halogens is 5. The number of likely N-dealkylation sites (N-methyl/N-ethyl adjacent to an activating group) is 1. The molecule has 0 aliphatic carbocycles. The average molecular weight is 542 g/mol. The van der Waals surface area contributed by atoms with Crippen LogP contribution in [0.15, 0.2) is 53.2 Å². The van der Waals surface area contributed by atoms with Crippen LogP contribution in [0.25, 0.3) is 16.9 Å². The third-order valence-electron chi connectivity index (χ3n) is 5.50. The minimum absolute atomic E-state index is 0.340. The number of ether oxygens (including phenoxy) is 1. The van der Waals surface area contributed by atoms with Crippen LogP contribution in [0.4, 0.5) is 27.6 Å². The van der Waals surface area contributed by atoms with Crippen molar-refractivity contribution in [3.05, 3.63) is 64.5 Å². The summed E-state index contributed by atoms with van der Waals surface area (Å²) in [5.41, 5.74) is 8.00. The van der Waals surface area contributed by atoms with Gasteiger partial charge in [-0.05, 0) is 36.2 Å². The van der Waals surface area contributed by atoms with Crippen LogP contribution in [-0.2, 0) is 11.3 Å². The van der Waals surface area contributed by atoms with Crippen LogP contribution in [0.3, 0.4) is 0 Å². The molecule has 4 rings (SSSR count). The second kappa shape index (κ2) is 11.4. The van der Waals surface area contributed by atoms with Gasteiger partial charge in [0.2, 0.25) is 0 Å². The van der Waals surface area contributed by atoms with E-state index in [9.17, 15) is 26.7 Å². The van der Waals surface area contributed by atoms with E-state index in [1.165, 1.54) is 10.9 Å². The highest BCUT2D eigenvalue weighted by Crippen LogP contribution is 2.35. The van der Waals surface area contributed by atoms with Crippen LogP contribution in [0.5, 0.6) is 5.75 Å². The van der Waals surface area contributed by atoms with E-state index >= 15 is 0 Å². The number of hydrogen-bond acceptors (Lipinski definition) is 7. The van der Waals surface area contributed by atoms with Crippen molar-refractivity contribution in [2.24, 2.45) is 5.73 Å². The van der Waals surface area contributed by atoms with Gasteiger partial charge < -0.3 is 20.5 Å². The average Bonchev–Trinajstić information content (AvgIpc) is 3.21. The Hall–Kier alpha value is -4.27. The summed E-state index contributed by atoms with van der Waals surface area (Å²) in [5, 5.41) is 11.0. The lowest BCUT2D eigenvalue weighted by molar-refractivity contribution is -0.192. The third kappa shape index (κ3) is 6.34. The number of aromatic nitrogens is 4. The van der Waals surface area contributed by atoms with E-state index < -0.39 is 23.9 Å². The number of alkyl halides is 3. The molecule has 38 heavy (non-hydrogen) atoms. The number of pyridine rings is 1. The number of carbonyl (C=O) groups is 1. The summed E-state index contributed by atoms with van der Waals surface area (Å²) < 4.78 is 65.4. The first-order valence-corrected chi connectivity index (χ1v) is 11.0. The molecule has 3 N–H and O–H groups in total. The molecule has 1 aromatic carbocycles. The van der Waals surface area contributed by atoms with Crippen molar-refractivity contribution >= 4 is 11.7 Å². The number of aryl methyl sites for hydroxylation is 1. The van der Waals surface area contributed by atoms with E-state index in [2.05, 4.69) is 15.0 Å². The van der Waals surface area contributed by atoms with Crippen molar-refractivity contribution in [2.45, 2.75) is 19.6 Å². The number of rotatable bonds is 5. The summed E-state index contributed by atoms with van der Waals surface area (Å²) in [7, 11) is 2.02. The van der Waals surface area contributed by atoms with Gasteiger partial charge in [0.25, 0.3) is 6.08 Å². The smallest absolute Gasteiger partial charge is 0.490 e. The number of carboxylic acid groups (broad SMARTS) is 1. The molecule has 2 aromatic heterocycles. The lowest BCUT2D eigenvalue weighted by Crippen LogP contribution is -2.28. The second-order valence-electron chi connectivity index (χ2n) is 8.13. The zero-order chi connectivity index (χ0) is 28.2. The molecule has 0 radical (unpaired) electrons. The zero-order valence-electron chi connectivity index (χ0n) is 20.2. The number of nitrogens with two attached hydrogens (primary N) is 1. The first kappa shape index (κ1) is 28.3. The molecular formula is C23H23F5N6O4. The van der Waals surface area contributed by atoms with E-state index in [4.69, 9.17) is 20.4 Å². The Labute approximate surface area is 212 Å². The molecule has 1 aliphatic heterocycles. The first-order valence-electron chi connectivity index (χ1n) is 11.0. The molecule has 0 unspecified atom stereocenters. The minimum Gasteiger partial charge on any atom is -0.490 e. The van der Waals surface area contributed by atoms with Gasteiger partial charge in [-0.2, -0.15) is 27.1 Å². The van der Waals surface area contributed by atoms with Gasteiger partial charge in [0, 0.05) is 30.9 Å². The Kier molecular flexibility index (Phi) is 8.50. The second-order valence-corrected chi connectivity index (χ2v) is 8.13. The zero-order valence-corrected chi connectivity index (χ0v) is 20.2. The fourth-order valence-electron chi connectivity index (χ4n) is 3.49. The van der Waals surface area contributed by atoms with Crippen LogP contribution in [0, 0.1) is 6.92 Å². The Balaban J connectivity index is 0.000000505. The Morgan fingerprint density at radius 3 is 2.47 bits per heavy atom. The maximum atomic E-state index is 12.9. The molecule has 1 aliphatic rings. The Morgan fingerprint density at radius 2 is 1.89 bits per heavy atom. The predicted molar refractivity (Wildman–Crippen MR) is 127 cm³/mol. The van der Waals surface area contributed by atoms with Crippen LogP contribution in [0.2, 0.25) is 0 Å². The fourth-order valence-corrected chi connectivity index (χ4v) is 3.49. The molecule has 0 saturated heterocycles. The fraction of sp³-hybridized carbons (Fsp3) is 0.304. The Bertz CT molecular complexity index is 1410. The summed E-state index contributed by atoms with van der Waals surface area (Å²) in [6.07, 6.45) is -4.06. The molecular weight excluding hydrogens is 519 g/mol. The van der Waals surface area contributed by atoms with Crippen molar-refractivity contribution in [3.63, 3.8) is 0 Å². The topological polar surface area (TPSA) is 128 Å². The monoisotopic (exact) mass is 542 g/mol. The lowest BCUT2D eigenvalue weighted by Gasteiger charge is -2.28. The number of carboxylic acids is 1. The van der Waals surface area contributed by atoms with Crippen LogP contribution in [-0.4, -0.2) is 63.3 Å². The summed E-state index contributed by atoms with van der Waals surface area (Å²) in [6.45, 7) is 2.57. The SMILES string of the molecule is Cc1cc(-c2ccc3c(c2)OCCN3C)cnc1-n1cnn(CC(CN)=C(F)F)c1=O.O=C(O)C(F)(F)F. The van der Waals surface area contributed by atoms with E-state index in [0.717, 1.165) is 39.4 Å². The molecule has 0 amide bonds. The van der Waals surface area contributed by atoms with Gasteiger partial charge in [-0.25, -0.2) is 23.8 Å². The molecule has 0 saturated carbocycles. The van der Waals surface area contributed by atoms with E-state index in [1.807, 2.05) is 38.2 Å². The van der Waals surface area contributed by atoms with E-state index in [1.54, 1.807) is 6.20 Å². The van der Waals surface area contributed by atoms with Gasteiger partial charge in [-0.3, -0.25) is 0 Å². The van der Waals surface area contributed by atoms with Crippen LogP contribution >= 0.6 is 0 Å². The largest absolute Gasteiger partial charge is 0.490 e. The lowest BCUT2D eigenvalue weighted by atomic mass is 10.0. The molecule has 3 aromatic rings. The van der Waals surface area contributed by atoms with Gasteiger partial charge in [0.05, 0.1) is 18.8 Å². The Morgan fingerprint density at radius 1 is 1.21 bits per heavy atom. The summed E-state index contributed by atoms with van der Waals surface area (Å²) >= 11 is 0. The number of benzene rings is 1. The standard InChI is InChI=1S/C21H22F2N6O2.C2HF3O2/c1-13-7-15(14-3-4-17-18(8-14)31-6-5-27(17)2)10-25-20(13)28-12-26-29(21(28)30)11-16(9-24)19(22)23;3-2(4,5)1(6)7/h3-4,7-8,10,12H,5-6,9,11,24H2,1-2H3;(H,6,7). The summed E-state index contributed by atoms with van der Waals surface area (Å²) in [5.74, 6) is -1.56. The number of hydrogen-bond donors (Lipinski definition) is 2. The highest BCUT2D eigenvalue weighted by Gasteiger charge is 2.38. The molecule has 0 bridgehead atoms. The van der Waals surface area contributed by atoms with Crippen molar-refractivity contribution < 1.29 is 36.6 Å². The molecule has 3 heterocycles. The number of fused-ring (bicyclic) bond motifs is 1. The highest BCUT2D eigenvalue weighted by molar-refractivity contribution is 5.73. The van der Waals surface area contributed by atoms with E-state index in [0.29, 0.717) is 12.4 Å². The van der Waals surface area contributed by atoms with Gasteiger partial charge in [0.15, 0.2) is 0 Å². The van der Waals surface area contributed by atoms with Gasteiger partial charge in [0.1, 0.15) is 24.5 Å². The highest BCUT2D eigenvalue weighted by atomic mass is 19.4. The molecule has 0 spiro atoms. The van der Waals surface area contributed by atoms with Gasteiger partial charge >= 0.3 is 17.8 Å². The predicted octanol–water partition coefficient (Wildman–Crippen LogP) is 2.98. The van der Waals surface area contributed by atoms with Gasteiger partial charge in [-0.15, -0.1) is 0 Å². The third-order valence-corrected chi connectivity index (χ3v) is 5.50. The molecule has 0 atom stereocenters. The summed E-state index contributed by atoms with van der Waals surface area (Å²) in [6, 6.07) is 7.88. The van der Waals surface area contributed by atoms with Crippen LogP contribution < -0.4 is 21.1 Å².